The van der Waals surface area contributed by atoms with Gasteiger partial charge in [0.05, 0.1) is 26.0 Å². The molecule has 0 aliphatic carbocycles. The van der Waals surface area contributed by atoms with Crippen LogP contribution in [0.25, 0.3) is 21.9 Å². The first-order chi connectivity index (χ1) is 19.5. The van der Waals surface area contributed by atoms with Gasteiger partial charge in [-0.15, -0.1) is 0 Å². The standard InChI is InChI=1S/C33H38N2O5S/c1-23-19-26(11-14-30(23)39-5)25-9-7-24(8-10-25)22-35(31(36)21-33(2,3)4)32-29-13-12-28(20-27(29)15-16-34-32)40-17-6-18-41(37)38/h7-16,19-20H,6,17-18,21-22H2,1-5H3,(H,37,38). The molecule has 0 saturated carbocycles. The molecule has 41 heavy (non-hydrogen) atoms. The van der Waals surface area contributed by atoms with E-state index in [1.807, 2.05) is 43.3 Å². The number of methoxy groups -OCH3 is 1. The van der Waals surface area contributed by atoms with Crippen LogP contribution in [0.15, 0.2) is 72.9 Å². The fourth-order valence-electron chi connectivity index (χ4n) is 4.69. The second-order valence-electron chi connectivity index (χ2n) is 11.3. The first-order valence-electron chi connectivity index (χ1n) is 13.7. The Hall–Kier alpha value is -3.75. The lowest BCUT2D eigenvalue weighted by atomic mass is 9.91. The van der Waals surface area contributed by atoms with Crippen molar-refractivity contribution in [1.82, 2.24) is 4.98 Å². The van der Waals surface area contributed by atoms with Crippen molar-refractivity contribution in [1.29, 1.82) is 0 Å². The Morgan fingerprint density at radius 1 is 1.00 bits per heavy atom. The fourth-order valence-corrected chi connectivity index (χ4v) is 5.06. The summed E-state index contributed by atoms with van der Waals surface area (Å²) in [4.78, 5) is 20.1. The normalized spacial score (nSPS) is 12.2. The number of rotatable bonds is 11. The van der Waals surface area contributed by atoms with E-state index in [4.69, 9.17) is 14.0 Å². The highest BCUT2D eigenvalue weighted by Gasteiger charge is 2.25. The largest absolute Gasteiger partial charge is 0.496 e. The minimum absolute atomic E-state index is 0.00434. The maximum Gasteiger partial charge on any atom is 0.229 e. The molecule has 0 saturated heterocycles. The first kappa shape index (κ1) is 30.2. The first-order valence-corrected chi connectivity index (χ1v) is 14.9. The molecule has 8 heteroatoms. The van der Waals surface area contributed by atoms with Crippen LogP contribution < -0.4 is 14.4 Å². The van der Waals surface area contributed by atoms with E-state index in [9.17, 15) is 9.00 Å². The van der Waals surface area contributed by atoms with Crippen molar-refractivity contribution in [3.8, 4) is 22.6 Å². The Labute approximate surface area is 244 Å². The van der Waals surface area contributed by atoms with Crippen molar-refractivity contribution < 1.29 is 23.0 Å². The summed E-state index contributed by atoms with van der Waals surface area (Å²) >= 11 is -1.83. The van der Waals surface area contributed by atoms with Crippen LogP contribution in [0.4, 0.5) is 5.82 Å². The third kappa shape index (κ3) is 8.15. The molecule has 1 heterocycles. The SMILES string of the molecule is COc1ccc(-c2ccc(CN(C(=O)CC(C)(C)C)c3nccc4cc(OCCCS(=O)O)ccc34)cc2)cc1C. The summed E-state index contributed by atoms with van der Waals surface area (Å²) in [6.45, 7) is 8.93. The summed E-state index contributed by atoms with van der Waals surface area (Å²) in [6.07, 6.45) is 2.57. The zero-order valence-corrected chi connectivity index (χ0v) is 25.2. The Kier molecular flexibility index (Phi) is 9.78. The van der Waals surface area contributed by atoms with Gasteiger partial charge in [0, 0.05) is 18.0 Å². The van der Waals surface area contributed by atoms with Gasteiger partial charge in [-0.2, -0.15) is 0 Å². The molecule has 1 unspecified atom stereocenters. The lowest BCUT2D eigenvalue weighted by molar-refractivity contribution is -0.120. The van der Waals surface area contributed by atoms with E-state index < -0.39 is 11.1 Å². The zero-order valence-electron chi connectivity index (χ0n) is 24.3. The van der Waals surface area contributed by atoms with Gasteiger partial charge in [0.25, 0.3) is 0 Å². The maximum atomic E-state index is 13.7. The van der Waals surface area contributed by atoms with Crippen LogP contribution >= 0.6 is 0 Å². The number of amides is 1. The topological polar surface area (TPSA) is 89.0 Å². The van der Waals surface area contributed by atoms with Crippen molar-refractivity contribution in [3.05, 3.63) is 84.1 Å². The van der Waals surface area contributed by atoms with Gasteiger partial charge >= 0.3 is 0 Å². The molecule has 7 nitrogen and oxygen atoms in total. The molecule has 0 aliphatic rings. The zero-order chi connectivity index (χ0) is 29.6. The molecule has 0 spiro atoms. The second kappa shape index (κ2) is 13.3. The summed E-state index contributed by atoms with van der Waals surface area (Å²) < 4.78 is 31.0. The summed E-state index contributed by atoms with van der Waals surface area (Å²) in [5, 5.41) is 1.75. The van der Waals surface area contributed by atoms with Crippen LogP contribution in [-0.4, -0.2) is 39.1 Å². The monoisotopic (exact) mass is 574 g/mol. The van der Waals surface area contributed by atoms with Crippen molar-refractivity contribution in [2.24, 2.45) is 5.41 Å². The van der Waals surface area contributed by atoms with Crippen molar-refractivity contribution in [2.45, 2.75) is 47.1 Å². The Morgan fingerprint density at radius 2 is 1.73 bits per heavy atom. The van der Waals surface area contributed by atoms with Gasteiger partial charge in [-0.05, 0) is 82.8 Å². The number of aromatic nitrogens is 1. The van der Waals surface area contributed by atoms with Crippen molar-refractivity contribution in [3.63, 3.8) is 0 Å². The molecule has 0 aliphatic heterocycles. The van der Waals surface area contributed by atoms with E-state index in [2.05, 4.69) is 56.1 Å². The van der Waals surface area contributed by atoms with E-state index in [1.54, 1.807) is 18.2 Å². The number of carbonyl (C=O) groups is 1. The molecular formula is C33H38N2O5S. The molecule has 1 amide bonds. The smallest absolute Gasteiger partial charge is 0.229 e. The number of fused-ring (bicyclic) bond motifs is 1. The van der Waals surface area contributed by atoms with Gasteiger partial charge in [-0.3, -0.25) is 9.69 Å². The van der Waals surface area contributed by atoms with Crippen LogP contribution in [0.3, 0.4) is 0 Å². The van der Waals surface area contributed by atoms with E-state index in [0.717, 1.165) is 38.8 Å². The van der Waals surface area contributed by atoms with Gasteiger partial charge in [-0.1, -0.05) is 51.1 Å². The Bertz CT molecular complexity index is 1530. The van der Waals surface area contributed by atoms with Crippen LogP contribution in [0.2, 0.25) is 0 Å². The molecule has 4 rings (SSSR count). The highest BCUT2D eigenvalue weighted by Crippen LogP contribution is 2.32. The summed E-state index contributed by atoms with van der Waals surface area (Å²) in [5.41, 5.74) is 4.09. The van der Waals surface area contributed by atoms with Crippen molar-refractivity contribution >= 4 is 33.6 Å². The number of hydrogen-bond donors (Lipinski definition) is 1. The van der Waals surface area contributed by atoms with Crippen LogP contribution in [0.1, 0.15) is 44.7 Å². The molecule has 216 valence electrons. The van der Waals surface area contributed by atoms with Gasteiger partial charge in [0.1, 0.15) is 17.3 Å². The van der Waals surface area contributed by atoms with Crippen LogP contribution in [0.5, 0.6) is 11.5 Å². The van der Waals surface area contributed by atoms with Crippen LogP contribution in [-0.2, 0) is 22.4 Å². The molecule has 4 aromatic rings. The summed E-state index contributed by atoms with van der Waals surface area (Å²) in [5.74, 6) is 2.31. The molecule has 0 fully saturated rings. The Morgan fingerprint density at radius 3 is 2.39 bits per heavy atom. The average molecular weight is 575 g/mol. The summed E-state index contributed by atoms with van der Waals surface area (Å²) in [7, 11) is 1.67. The third-order valence-electron chi connectivity index (χ3n) is 6.71. The highest BCUT2D eigenvalue weighted by atomic mass is 32.2. The van der Waals surface area contributed by atoms with E-state index in [1.165, 1.54) is 0 Å². The van der Waals surface area contributed by atoms with Gasteiger partial charge < -0.3 is 14.0 Å². The van der Waals surface area contributed by atoms with Gasteiger partial charge in [0.2, 0.25) is 5.91 Å². The second-order valence-corrected chi connectivity index (χ2v) is 12.4. The van der Waals surface area contributed by atoms with Crippen molar-refractivity contribution in [2.75, 3.05) is 24.4 Å². The molecule has 3 aromatic carbocycles. The molecule has 1 aromatic heterocycles. The lowest BCUT2D eigenvalue weighted by Crippen LogP contribution is -2.34. The number of nitrogens with zero attached hydrogens (tertiary/aromatic N) is 2. The molecule has 0 bridgehead atoms. The minimum atomic E-state index is -1.83. The van der Waals surface area contributed by atoms with Crippen LogP contribution in [0, 0.1) is 12.3 Å². The minimum Gasteiger partial charge on any atom is -0.496 e. The van der Waals surface area contributed by atoms with E-state index in [0.29, 0.717) is 37.6 Å². The number of pyridine rings is 1. The molecule has 1 N–H and O–H groups in total. The molecule has 1 atom stereocenters. The highest BCUT2D eigenvalue weighted by molar-refractivity contribution is 7.79. The Balaban J connectivity index is 1.62. The number of carbonyl (C=O) groups excluding carboxylic acids is 1. The summed E-state index contributed by atoms with van der Waals surface area (Å²) in [6, 6.07) is 22.0. The maximum absolute atomic E-state index is 13.7. The van der Waals surface area contributed by atoms with E-state index in [-0.39, 0.29) is 17.1 Å². The molecule has 0 radical (unpaired) electrons. The predicted octanol–water partition coefficient (Wildman–Crippen LogP) is 7.18. The number of anilines is 1. The third-order valence-corrected chi connectivity index (χ3v) is 7.35. The number of benzene rings is 3. The number of hydrogen-bond acceptors (Lipinski definition) is 5. The lowest BCUT2D eigenvalue weighted by Gasteiger charge is -2.27. The predicted molar refractivity (Wildman–Crippen MR) is 166 cm³/mol. The van der Waals surface area contributed by atoms with Gasteiger partial charge in [0.15, 0.2) is 11.1 Å². The quantitative estimate of drug-likeness (QED) is 0.151. The number of aryl methyl sites for hydroxylation is 1. The van der Waals surface area contributed by atoms with Gasteiger partial charge in [-0.25, -0.2) is 9.19 Å². The molecular weight excluding hydrogens is 536 g/mol. The fraction of sp³-hybridized carbons (Fsp3) is 0.333. The van der Waals surface area contributed by atoms with E-state index >= 15 is 0 Å². The number of ether oxygens (including phenoxy) is 2. The average Bonchev–Trinajstić information content (AvgIpc) is 2.93.